The SMILES string of the molecule is Cc1ccc(N)c(-c2ccccc2N(C)C)c1. The van der Waals surface area contributed by atoms with Crippen molar-refractivity contribution in [3.63, 3.8) is 0 Å². The Labute approximate surface area is 103 Å². The maximum atomic E-state index is 6.07. The van der Waals surface area contributed by atoms with Gasteiger partial charge >= 0.3 is 0 Å². The van der Waals surface area contributed by atoms with Gasteiger partial charge in [0, 0.05) is 36.6 Å². The molecule has 0 aliphatic rings. The van der Waals surface area contributed by atoms with Gasteiger partial charge in [-0.3, -0.25) is 0 Å². The standard InChI is InChI=1S/C15H18N2/c1-11-8-9-14(16)13(10-11)12-6-4-5-7-15(12)17(2)3/h4-10H,16H2,1-3H3. The Morgan fingerprint density at radius 2 is 1.65 bits per heavy atom. The lowest BCUT2D eigenvalue weighted by Gasteiger charge is -2.18. The summed E-state index contributed by atoms with van der Waals surface area (Å²) in [6.45, 7) is 2.08. The van der Waals surface area contributed by atoms with Gasteiger partial charge in [0.15, 0.2) is 0 Å². The monoisotopic (exact) mass is 226 g/mol. The van der Waals surface area contributed by atoms with E-state index in [1.165, 1.54) is 16.8 Å². The van der Waals surface area contributed by atoms with Gasteiger partial charge in [-0.15, -0.1) is 0 Å². The van der Waals surface area contributed by atoms with Crippen LogP contribution in [0.2, 0.25) is 0 Å². The van der Waals surface area contributed by atoms with Crippen molar-refractivity contribution < 1.29 is 0 Å². The first-order chi connectivity index (χ1) is 8.09. The van der Waals surface area contributed by atoms with Crippen LogP contribution in [-0.4, -0.2) is 14.1 Å². The number of hydrogen-bond acceptors (Lipinski definition) is 2. The topological polar surface area (TPSA) is 29.3 Å². The summed E-state index contributed by atoms with van der Waals surface area (Å²) in [5.74, 6) is 0. The molecule has 0 aliphatic carbocycles. The second-order valence-electron chi connectivity index (χ2n) is 4.50. The van der Waals surface area contributed by atoms with Crippen molar-refractivity contribution in [2.45, 2.75) is 6.92 Å². The average Bonchev–Trinajstić information content (AvgIpc) is 2.32. The van der Waals surface area contributed by atoms with E-state index in [0.717, 1.165) is 11.3 Å². The van der Waals surface area contributed by atoms with Crippen molar-refractivity contribution in [3.8, 4) is 11.1 Å². The second-order valence-corrected chi connectivity index (χ2v) is 4.50. The highest BCUT2D eigenvalue weighted by Crippen LogP contribution is 2.33. The molecule has 0 spiro atoms. The minimum Gasteiger partial charge on any atom is -0.398 e. The minimum atomic E-state index is 0.824. The number of aryl methyl sites for hydroxylation is 1. The third-order valence-electron chi connectivity index (χ3n) is 2.88. The Balaban J connectivity index is 2.64. The number of para-hydroxylation sites is 1. The summed E-state index contributed by atoms with van der Waals surface area (Å²) in [5.41, 5.74) is 11.6. The molecular weight excluding hydrogens is 208 g/mol. The molecule has 0 radical (unpaired) electrons. The molecule has 2 N–H and O–H groups in total. The Morgan fingerprint density at radius 3 is 2.35 bits per heavy atom. The Kier molecular flexibility index (Phi) is 3.05. The molecule has 0 saturated heterocycles. The smallest absolute Gasteiger partial charge is 0.0441 e. The lowest BCUT2D eigenvalue weighted by atomic mass is 9.99. The lowest BCUT2D eigenvalue weighted by Crippen LogP contribution is -2.10. The summed E-state index contributed by atoms with van der Waals surface area (Å²) in [6, 6.07) is 14.5. The molecule has 0 saturated carbocycles. The predicted octanol–water partition coefficient (Wildman–Crippen LogP) is 3.31. The van der Waals surface area contributed by atoms with Crippen LogP contribution in [0.5, 0.6) is 0 Å². The quantitative estimate of drug-likeness (QED) is 0.796. The molecule has 0 fully saturated rings. The zero-order valence-corrected chi connectivity index (χ0v) is 10.6. The van der Waals surface area contributed by atoms with Gasteiger partial charge in [-0.25, -0.2) is 0 Å². The molecule has 2 aromatic rings. The van der Waals surface area contributed by atoms with E-state index in [9.17, 15) is 0 Å². The largest absolute Gasteiger partial charge is 0.398 e. The highest BCUT2D eigenvalue weighted by molar-refractivity contribution is 5.85. The van der Waals surface area contributed by atoms with E-state index in [1.54, 1.807) is 0 Å². The molecule has 17 heavy (non-hydrogen) atoms. The van der Waals surface area contributed by atoms with E-state index in [0.29, 0.717) is 0 Å². The molecule has 2 aromatic carbocycles. The summed E-state index contributed by atoms with van der Waals surface area (Å²) < 4.78 is 0. The van der Waals surface area contributed by atoms with Crippen LogP contribution in [0.25, 0.3) is 11.1 Å². The van der Waals surface area contributed by atoms with E-state index >= 15 is 0 Å². The number of nitrogen functional groups attached to an aromatic ring is 1. The van der Waals surface area contributed by atoms with E-state index in [4.69, 9.17) is 5.73 Å². The molecule has 0 unspecified atom stereocenters. The normalized spacial score (nSPS) is 10.3. The predicted molar refractivity (Wildman–Crippen MR) is 75.4 cm³/mol. The van der Waals surface area contributed by atoms with Crippen molar-refractivity contribution in [1.82, 2.24) is 0 Å². The van der Waals surface area contributed by atoms with Crippen molar-refractivity contribution in [3.05, 3.63) is 48.0 Å². The van der Waals surface area contributed by atoms with Gasteiger partial charge in [-0.05, 0) is 25.1 Å². The van der Waals surface area contributed by atoms with Crippen LogP contribution >= 0.6 is 0 Å². The molecular formula is C15H18N2. The molecule has 88 valence electrons. The highest BCUT2D eigenvalue weighted by Gasteiger charge is 2.08. The lowest BCUT2D eigenvalue weighted by molar-refractivity contribution is 1.13. The maximum Gasteiger partial charge on any atom is 0.0441 e. The fraction of sp³-hybridized carbons (Fsp3) is 0.200. The van der Waals surface area contributed by atoms with Crippen LogP contribution in [0.3, 0.4) is 0 Å². The van der Waals surface area contributed by atoms with E-state index in [2.05, 4.69) is 30.0 Å². The summed E-state index contributed by atoms with van der Waals surface area (Å²) >= 11 is 0. The van der Waals surface area contributed by atoms with E-state index < -0.39 is 0 Å². The van der Waals surface area contributed by atoms with Crippen molar-refractivity contribution in [1.29, 1.82) is 0 Å². The molecule has 0 heterocycles. The summed E-state index contributed by atoms with van der Waals surface area (Å²) in [6.07, 6.45) is 0. The zero-order valence-electron chi connectivity index (χ0n) is 10.6. The first-order valence-corrected chi connectivity index (χ1v) is 5.72. The van der Waals surface area contributed by atoms with Crippen LogP contribution < -0.4 is 10.6 Å². The van der Waals surface area contributed by atoms with Crippen molar-refractivity contribution >= 4 is 11.4 Å². The first-order valence-electron chi connectivity index (χ1n) is 5.72. The van der Waals surface area contributed by atoms with E-state index in [-0.39, 0.29) is 0 Å². The van der Waals surface area contributed by atoms with Gasteiger partial charge in [0.2, 0.25) is 0 Å². The molecule has 2 rings (SSSR count). The van der Waals surface area contributed by atoms with Crippen LogP contribution in [0.4, 0.5) is 11.4 Å². The summed E-state index contributed by atoms with van der Waals surface area (Å²) in [7, 11) is 4.09. The van der Waals surface area contributed by atoms with Gasteiger partial charge in [-0.1, -0.05) is 29.8 Å². The second kappa shape index (κ2) is 4.50. The number of benzene rings is 2. The van der Waals surface area contributed by atoms with Gasteiger partial charge in [-0.2, -0.15) is 0 Å². The molecule has 0 aromatic heterocycles. The molecule has 0 aliphatic heterocycles. The molecule has 2 nitrogen and oxygen atoms in total. The molecule has 0 atom stereocenters. The molecule has 2 heteroatoms. The fourth-order valence-electron chi connectivity index (χ4n) is 1.99. The molecule has 0 amide bonds. The summed E-state index contributed by atoms with van der Waals surface area (Å²) in [5, 5.41) is 0. The fourth-order valence-corrected chi connectivity index (χ4v) is 1.99. The van der Waals surface area contributed by atoms with Gasteiger partial charge in [0.1, 0.15) is 0 Å². The zero-order chi connectivity index (χ0) is 12.4. The number of nitrogens with two attached hydrogens (primary N) is 1. The van der Waals surface area contributed by atoms with Crippen LogP contribution in [-0.2, 0) is 0 Å². The number of hydrogen-bond donors (Lipinski definition) is 1. The Hall–Kier alpha value is -1.96. The van der Waals surface area contributed by atoms with Crippen molar-refractivity contribution in [2.24, 2.45) is 0 Å². The number of nitrogens with zero attached hydrogens (tertiary/aromatic N) is 1. The highest BCUT2D eigenvalue weighted by atomic mass is 15.1. The third kappa shape index (κ3) is 2.26. The van der Waals surface area contributed by atoms with Crippen LogP contribution in [0.1, 0.15) is 5.56 Å². The first kappa shape index (κ1) is 11.5. The van der Waals surface area contributed by atoms with Gasteiger partial charge in [0.05, 0.1) is 0 Å². The van der Waals surface area contributed by atoms with E-state index in [1.807, 2.05) is 38.4 Å². The maximum absolute atomic E-state index is 6.07. The minimum absolute atomic E-state index is 0.824. The Bertz CT molecular complexity index is 530. The molecule has 0 bridgehead atoms. The van der Waals surface area contributed by atoms with Crippen molar-refractivity contribution in [2.75, 3.05) is 24.7 Å². The van der Waals surface area contributed by atoms with Crippen LogP contribution in [0.15, 0.2) is 42.5 Å². The number of rotatable bonds is 2. The number of anilines is 2. The average molecular weight is 226 g/mol. The van der Waals surface area contributed by atoms with Gasteiger partial charge < -0.3 is 10.6 Å². The van der Waals surface area contributed by atoms with Crippen LogP contribution in [0, 0.1) is 6.92 Å². The third-order valence-corrected chi connectivity index (χ3v) is 2.88. The summed E-state index contributed by atoms with van der Waals surface area (Å²) in [4.78, 5) is 2.11. The van der Waals surface area contributed by atoms with Gasteiger partial charge in [0.25, 0.3) is 0 Å². The Morgan fingerprint density at radius 1 is 0.941 bits per heavy atom.